The van der Waals surface area contributed by atoms with Gasteiger partial charge in [0.2, 0.25) is 5.27 Å². The number of hydrogen-bond acceptors (Lipinski definition) is 4. The van der Waals surface area contributed by atoms with E-state index in [1.54, 1.807) is 0 Å². The van der Waals surface area contributed by atoms with Crippen LogP contribution in [0.1, 0.15) is 0 Å². The summed E-state index contributed by atoms with van der Waals surface area (Å²) in [5, 5.41) is 11.5. The fraction of sp³-hybridized carbons (Fsp3) is 0.250. The molecule has 0 atom stereocenters. The SMILES string of the molecule is Nc1c[n+](CC(=O)O)no1. The van der Waals surface area contributed by atoms with Crippen molar-refractivity contribution in [3.8, 4) is 0 Å². The highest BCUT2D eigenvalue weighted by atomic mass is 16.5. The van der Waals surface area contributed by atoms with Crippen LogP contribution in [-0.2, 0) is 11.3 Å². The molecule has 1 rings (SSSR count). The first-order valence-electron chi connectivity index (χ1n) is 2.52. The first-order chi connectivity index (χ1) is 4.68. The minimum absolute atomic E-state index is 0.0984. The minimum atomic E-state index is -0.988. The van der Waals surface area contributed by atoms with Crippen LogP contribution in [0.2, 0.25) is 0 Å². The lowest BCUT2D eigenvalue weighted by atomic mass is 10.6. The van der Waals surface area contributed by atoms with Crippen LogP contribution in [-0.4, -0.2) is 16.3 Å². The average molecular weight is 144 g/mol. The summed E-state index contributed by atoms with van der Waals surface area (Å²) in [7, 11) is 0. The topological polar surface area (TPSA) is 93.2 Å². The van der Waals surface area contributed by atoms with Crippen LogP contribution in [0.15, 0.2) is 10.7 Å². The Morgan fingerprint density at radius 1 is 2.00 bits per heavy atom. The molecule has 0 bridgehead atoms. The van der Waals surface area contributed by atoms with E-state index in [0.717, 1.165) is 4.68 Å². The number of nitrogen functional groups attached to an aromatic ring is 1. The predicted octanol–water partition coefficient (Wildman–Crippen LogP) is -1.37. The Bertz CT molecular complexity index is 244. The Morgan fingerprint density at radius 3 is 3.10 bits per heavy atom. The number of nitrogens with two attached hydrogens (primary N) is 1. The van der Waals surface area contributed by atoms with Gasteiger partial charge in [0.05, 0.1) is 0 Å². The highest BCUT2D eigenvalue weighted by molar-refractivity contribution is 5.64. The summed E-state index contributed by atoms with van der Waals surface area (Å²) in [6.07, 6.45) is 1.30. The highest BCUT2D eigenvalue weighted by Crippen LogP contribution is 1.88. The lowest BCUT2D eigenvalue weighted by Crippen LogP contribution is -2.38. The molecule has 0 fully saturated rings. The molecule has 54 valence electrons. The second-order valence-corrected chi connectivity index (χ2v) is 1.70. The maximum absolute atomic E-state index is 10.0. The molecule has 0 aromatic carbocycles. The van der Waals surface area contributed by atoms with E-state index < -0.39 is 5.97 Å². The number of rotatable bonds is 2. The normalized spacial score (nSPS) is 9.60. The fourth-order valence-corrected chi connectivity index (χ4v) is 0.507. The predicted molar refractivity (Wildman–Crippen MR) is 28.7 cm³/mol. The van der Waals surface area contributed by atoms with Crippen molar-refractivity contribution >= 4 is 11.9 Å². The van der Waals surface area contributed by atoms with Gasteiger partial charge in [0.15, 0.2) is 0 Å². The van der Waals surface area contributed by atoms with Crippen LogP contribution in [0.25, 0.3) is 0 Å². The second-order valence-electron chi connectivity index (χ2n) is 1.70. The van der Waals surface area contributed by atoms with E-state index in [2.05, 4.69) is 9.79 Å². The van der Waals surface area contributed by atoms with Crippen LogP contribution in [0.4, 0.5) is 5.88 Å². The smallest absolute Gasteiger partial charge is 0.372 e. The van der Waals surface area contributed by atoms with E-state index in [1.165, 1.54) is 6.20 Å². The van der Waals surface area contributed by atoms with Gasteiger partial charge in [-0.2, -0.15) is 0 Å². The van der Waals surface area contributed by atoms with Gasteiger partial charge in [-0.25, -0.2) is 4.79 Å². The lowest BCUT2D eigenvalue weighted by molar-refractivity contribution is -0.752. The molecule has 0 amide bonds. The number of nitrogens with zero attached hydrogens (tertiary/aromatic N) is 2. The van der Waals surface area contributed by atoms with Crippen LogP contribution >= 0.6 is 0 Å². The Morgan fingerprint density at radius 2 is 2.70 bits per heavy atom. The summed E-state index contributed by atoms with van der Waals surface area (Å²) in [5.41, 5.74) is 5.11. The van der Waals surface area contributed by atoms with Crippen molar-refractivity contribution in [2.45, 2.75) is 6.54 Å². The van der Waals surface area contributed by atoms with E-state index in [4.69, 9.17) is 10.8 Å². The van der Waals surface area contributed by atoms with E-state index in [1.807, 2.05) is 0 Å². The molecule has 6 heteroatoms. The summed E-state index contributed by atoms with van der Waals surface area (Å²) < 4.78 is 5.49. The van der Waals surface area contributed by atoms with E-state index >= 15 is 0 Å². The highest BCUT2D eigenvalue weighted by Gasteiger charge is 2.12. The first-order valence-corrected chi connectivity index (χ1v) is 2.52. The summed E-state index contributed by atoms with van der Waals surface area (Å²) >= 11 is 0. The Balaban J connectivity index is 2.67. The first kappa shape index (κ1) is 6.53. The number of carbonyl (C=O) groups is 1. The molecule has 0 spiro atoms. The van der Waals surface area contributed by atoms with Crippen molar-refractivity contribution in [1.29, 1.82) is 0 Å². The Hall–Kier alpha value is -1.59. The van der Waals surface area contributed by atoms with Crippen LogP contribution in [0, 0.1) is 0 Å². The van der Waals surface area contributed by atoms with E-state index in [0.29, 0.717) is 0 Å². The van der Waals surface area contributed by atoms with Gasteiger partial charge >= 0.3 is 5.97 Å². The molecule has 0 unspecified atom stereocenters. The molecule has 0 saturated heterocycles. The van der Waals surface area contributed by atoms with Gasteiger partial charge in [0.1, 0.15) is 0 Å². The largest absolute Gasteiger partial charge is 0.476 e. The molecule has 0 aliphatic heterocycles. The van der Waals surface area contributed by atoms with E-state index in [9.17, 15) is 4.79 Å². The lowest BCUT2D eigenvalue weighted by Gasteiger charge is -1.76. The zero-order valence-electron chi connectivity index (χ0n) is 5.02. The zero-order valence-corrected chi connectivity index (χ0v) is 5.02. The molecule has 10 heavy (non-hydrogen) atoms. The summed E-state index contributed by atoms with van der Waals surface area (Å²) in [6, 6.07) is 0. The van der Waals surface area contributed by atoms with Gasteiger partial charge < -0.3 is 10.8 Å². The summed E-state index contributed by atoms with van der Waals surface area (Å²) in [4.78, 5) is 10.0. The minimum Gasteiger partial charge on any atom is -0.476 e. The number of aliphatic carboxylic acids is 1. The number of carboxylic acid groups (broad SMARTS) is 1. The maximum Gasteiger partial charge on any atom is 0.372 e. The Labute approximate surface area is 55.8 Å². The molecule has 0 aliphatic carbocycles. The quantitative estimate of drug-likeness (QED) is 0.499. The van der Waals surface area contributed by atoms with Crippen LogP contribution in [0.5, 0.6) is 0 Å². The molecule has 6 nitrogen and oxygen atoms in total. The van der Waals surface area contributed by atoms with Gasteiger partial charge in [-0.1, -0.05) is 0 Å². The number of aromatic nitrogens is 2. The van der Waals surface area contributed by atoms with Crippen molar-refractivity contribution in [2.24, 2.45) is 0 Å². The molecule has 0 radical (unpaired) electrons. The average Bonchev–Trinajstić information content (AvgIpc) is 2.13. The molecule has 0 saturated carbocycles. The van der Waals surface area contributed by atoms with Crippen molar-refractivity contribution in [1.82, 2.24) is 5.27 Å². The monoisotopic (exact) mass is 144 g/mol. The molecule has 1 heterocycles. The third-order valence-corrected chi connectivity index (χ3v) is 0.825. The Kier molecular flexibility index (Phi) is 1.53. The third-order valence-electron chi connectivity index (χ3n) is 0.825. The van der Waals surface area contributed by atoms with Crippen LogP contribution < -0.4 is 10.4 Å². The van der Waals surface area contributed by atoms with Crippen molar-refractivity contribution in [3.63, 3.8) is 0 Å². The van der Waals surface area contributed by atoms with Crippen molar-refractivity contribution < 1.29 is 19.1 Å². The number of carboxylic acids is 1. The van der Waals surface area contributed by atoms with Crippen molar-refractivity contribution in [3.05, 3.63) is 6.20 Å². The second kappa shape index (κ2) is 2.34. The molecular formula is C4H6N3O3+. The number of hydrogen-bond donors (Lipinski definition) is 2. The fourth-order valence-electron chi connectivity index (χ4n) is 0.507. The zero-order chi connectivity index (χ0) is 7.56. The summed E-state index contributed by atoms with van der Waals surface area (Å²) in [6.45, 7) is -0.235. The van der Waals surface area contributed by atoms with Gasteiger partial charge in [-0.15, -0.1) is 0 Å². The summed E-state index contributed by atoms with van der Waals surface area (Å²) in [5.74, 6) is -0.889. The van der Waals surface area contributed by atoms with Crippen LogP contribution in [0.3, 0.4) is 0 Å². The number of anilines is 1. The van der Waals surface area contributed by atoms with Crippen molar-refractivity contribution in [2.75, 3.05) is 5.73 Å². The maximum atomic E-state index is 10.0. The standard InChI is InChI=1S/C4H5N3O3/c5-3-1-7(6-10-3)2-4(8)9/h1H,2H2,(H2-,5,6,8,9)/p+1. The van der Waals surface area contributed by atoms with Gasteiger partial charge in [0.25, 0.3) is 18.6 Å². The van der Waals surface area contributed by atoms with E-state index in [-0.39, 0.29) is 12.4 Å². The van der Waals surface area contributed by atoms with Gasteiger partial charge in [-0.05, 0) is 4.68 Å². The molecule has 3 N–H and O–H groups in total. The third kappa shape index (κ3) is 1.44. The molecule has 1 aromatic rings. The van der Waals surface area contributed by atoms with Gasteiger partial charge in [-0.3, -0.25) is 4.52 Å². The molecule has 1 aromatic heterocycles. The van der Waals surface area contributed by atoms with Gasteiger partial charge in [0, 0.05) is 0 Å². The molecular weight excluding hydrogens is 138 g/mol. The molecule has 0 aliphatic rings.